The van der Waals surface area contributed by atoms with E-state index in [4.69, 9.17) is 0 Å². The summed E-state index contributed by atoms with van der Waals surface area (Å²) in [5.74, 6) is -0.440. The lowest BCUT2D eigenvalue weighted by molar-refractivity contribution is -0.108. The lowest BCUT2D eigenvalue weighted by Crippen LogP contribution is -2.30. The van der Waals surface area contributed by atoms with E-state index < -0.39 is 5.91 Å². The number of hydrogen-bond donors (Lipinski definition) is 1. The third-order valence-corrected chi connectivity index (χ3v) is 3.27. The molecule has 1 aromatic rings. The van der Waals surface area contributed by atoms with E-state index in [9.17, 15) is 14.4 Å². The molecule has 0 aliphatic rings. The van der Waals surface area contributed by atoms with Gasteiger partial charge in [-0.3, -0.25) is 9.59 Å². The van der Waals surface area contributed by atoms with Crippen LogP contribution in [0.1, 0.15) is 36.5 Å². The molecule has 0 radical (unpaired) electrons. The largest absolute Gasteiger partial charge is 0.333 e. The molecular weight excluding hydrogens is 318 g/mol. The van der Waals surface area contributed by atoms with E-state index >= 15 is 0 Å². The molecule has 0 aliphatic heterocycles. The summed E-state index contributed by atoms with van der Waals surface area (Å²) < 4.78 is 0. The van der Waals surface area contributed by atoms with Gasteiger partial charge in [-0.15, -0.1) is 0 Å². The van der Waals surface area contributed by atoms with Crippen molar-refractivity contribution in [2.75, 3.05) is 18.9 Å². The number of amides is 2. The molecule has 1 aromatic heterocycles. The van der Waals surface area contributed by atoms with Gasteiger partial charge in [0.25, 0.3) is 5.91 Å². The molecule has 6 nitrogen and oxygen atoms in total. The standard InChI is InChI=1S/C19H23N3O3/c1-4-6-15(7-5-2)8-9-16-10-11-17(20-14-24)18(21-16)19(25)22(3)12-13-23/h4,6-11,13-14H,5,12H2,1-3H3,(H,20,24)/b6-4-,9-8+,15-7+. The van der Waals surface area contributed by atoms with Gasteiger partial charge in [-0.1, -0.05) is 31.2 Å². The summed E-state index contributed by atoms with van der Waals surface area (Å²) in [4.78, 5) is 39.3. The third-order valence-electron chi connectivity index (χ3n) is 3.27. The second-order valence-electron chi connectivity index (χ2n) is 5.19. The molecule has 2 amide bonds. The minimum atomic E-state index is -0.440. The number of carbonyl (C=O) groups excluding carboxylic acids is 3. The number of hydrogen-bond acceptors (Lipinski definition) is 4. The van der Waals surface area contributed by atoms with Crippen LogP contribution in [0.3, 0.4) is 0 Å². The van der Waals surface area contributed by atoms with Gasteiger partial charge in [0, 0.05) is 7.05 Å². The summed E-state index contributed by atoms with van der Waals surface area (Å²) in [5.41, 5.74) is 2.00. The van der Waals surface area contributed by atoms with Crippen LogP contribution in [-0.2, 0) is 9.59 Å². The minimum Gasteiger partial charge on any atom is -0.333 e. The van der Waals surface area contributed by atoms with Crippen LogP contribution in [-0.4, -0.2) is 42.1 Å². The van der Waals surface area contributed by atoms with Crippen LogP contribution < -0.4 is 5.32 Å². The van der Waals surface area contributed by atoms with E-state index in [0.717, 1.165) is 12.0 Å². The predicted octanol–water partition coefficient (Wildman–Crippen LogP) is 2.85. The molecule has 1 rings (SSSR count). The zero-order valence-corrected chi connectivity index (χ0v) is 14.7. The molecule has 0 aromatic carbocycles. The SMILES string of the molecule is C\C=C/C(/C=C/c1ccc(NC=O)c(C(=O)N(C)CC=O)n1)=C\CC. The highest BCUT2D eigenvalue weighted by Gasteiger charge is 2.17. The summed E-state index contributed by atoms with van der Waals surface area (Å²) >= 11 is 0. The quantitative estimate of drug-likeness (QED) is 0.553. The molecule has 0 bridgehead atoms. The Labute approximate surface area is 147 Å². The second kappa shape index (κ2) is 10.7. The average Bonchev–Trinajstić information content (AvgIpc) is 2.60. The Morgan fingerprint density at radius 1 is 1.28 bits per heavy atom. The molecule has 6 heteroatoms. The number of allylic oxidation sites excluding steroid dienone is 5. The van der Waals surface area contributed by atoms with Gasteiger partial charge in [0.15, 0.2) is 5.69 Å². The summed E-state index contributed by atoms with van der Waals surface area (Å²) in [6.07, 6.45) is 11.7. The van der Waals surface area contributed by atoms with Gasteiger partial charge < -0.3 is 15.0 Å². The first-order valence-corrected chi connectivity index (χ1v) is 7.98. The molecule has 25 heavy (non-hydrogen) atoms. The number of nitrogens with one attached hydrogen (secondary N) is 1. The highest BCUT2D eigenvalue weighted by atomic mass is 16.2. The maximum Gasteiger partial charge on any atom is 0.274 e. The van der Waals surface area contributed by atoms with Gasteiger partial charge in [-0.05, 0) is 37.1 Å². The van der Waals surface area contributed by atoms with Gasteiger partial charge in [0.2, 0.25) is 6.41 Å². The zero-order valence-electron chi connectivity index (χ0n) is 14.7. The normalized spacial score (nSPS) is 11.7. The topological polar surface area (TPSA) is 79.4 Å². The summed E-state index contributed by atoms with van der Waals surface area (Å²) in [6.45, 7) is 3.94. The first-order chi connectivity index (χ1) is 12.1. The van der Waals surface area contributed by atoms with E-state index in [1.165, 1.54) is 11.9 Å². The fraction of sp³-hybridized carbons (Fsp3) is 0.263. The van der Waals surface area contributed by atoms with Gasteiger partial charge in [-0.2, -0.15) is 0 Å². The van der Waals surface area contributed by atoms with Crippen molar-refractivity contribution in [1.29, 1.82) is 0 Å². The van der Waals surface area contributed by atoms with Crippen molar-refractivity contribution >= 4 is 30.4 Å². The van der Waals surface area contributed by atoms with Crippen molar-refractivity contribution in [1.82, 2.24) is 9.88 Å². The smallest absolute Gasteiger partial charge is 0.274 e. The number of aromatic nitrogens is 1. The van der Waals surface area contributed by atoms with Crippen molar-refractivity contribution in [3.05, 3.63) is 53.4 Å². The fourth-order valence-corrected chi connectivity index (χ4v) is 2.09. The number of likely N-dealkylation sites (N-methyl/N-ethyl adjacent to an activating group) is 1. The van der Waals surface area contributed by atoms with Gasteiger partial charge >= 0.3 is 0 Å². The fourth-order valence-electron chi connectivity index (χ4n) is 2.09. The van der Waals surface area contributed by atoms with Gasteiger partial charge in [0.05, 0.1) is 17.9 Å². The molecule has 0 spiro atoms. The highest BCUT2D eigenvalue weighted by Crippen LogP contribution is 2.17. The summed E-state index contributed by atoms with van der Waals surface area (Å²) in [6, 6.07) is 3.32. The van der Waals surface area contributed by atoms with Crippen LogP contribution >= 0.6 is 0 Å². The van der Waals surface area contributed by atoms with E-state index in [0.29, 0.717) is 24.1 Å². The molecule has 0 atom stereocenters. The lowest BCUT2D eigenvalue weighted by Gasteiger charge is -2.15. The molecular formula is C19H23N3O3. The van der Waals surface area contributed by atoms with Crippen LogP contribution in [0.2, 0.25) is 0 Å². The first kappa shape index (κ1) is 20.0. The maximum atomic E-state index is 12.4. The summed E-state index contributed by atoms with van der Waals surface area (Å²) in [5, 5.41) is 2.46. The van der Waals surface area contributed by atoms with Crippen LogP contribution in [0, 0.1) is 0 Å². The average molecular weight is 341 g/mol. The van der Waals surface area contributed by atoms with E-state index in [-0.39, 0.29) is 12.2 Å². The molecule has 1 N–H and O–H groups in total. The molecule has 0 saturated heterocycles. The number of aldehydes is 1. The lowest BCUT2D eigenvalue weighted by atomic mass is 10.1. The van der Waals surface area contributed by atoms with Gasteiger partial charge in [-0.25, -0.2) is 4.98 Å². The molecule has 132 valence electrons. The molecule has 0 saturated carbocycles. The monoisotopic (exact) mass is 341 g/mol. The Bertz CT molecular complexity index is 706. The maximum absolute atomic E-state index is 12.4. The molecule has 1 heterocycles. The molecule has 0 fully saturated rings. The highest BCUT2D eigenvalue weighted by molar-refractivity contribution is 6.00. The number of pyridine rings is 1. The Morgan fingerprint density at radius 2 is 2.04 bits per heavy atom. The van der Waals surface area contributed by atoms with Crippen LogP contribution in [0.15, 0.2) is 42.0 Å². The third kappa shape index (κ3) is 6.18. The molecule has 0 aliphatic carbocycles. The van der Waals surface area contributed by atoms with Crippen molar-refractivity contribution in [2.24, 2.45) is 0 Å². The Morgan fingerprint density at radius 3 is 2.64 bits per heavy atom. The number of anilines is 1. The molecule has 0 unspecified atom stereocenters. The van der Waals surface area contributed by atoms with E-state index in [2.05, 4.69) is 23.3 Å². The van der Waals surface area contributed by atoms with E-state index in [1.54, 1.807) is 18.2 Å². The van der Waals surface area contributed by atoms with Crippen molar-refractivity contribution < 1.29 is 14.4 Å². The van der Waals surface area contributed by atoms with Crippen LogP contribution in [0.5, 0.6) is 0 Å². The van der Waals surface area contributed by atoms with E-state index in [1.807, 2.05) is 25.2 Å². The van der Waals surface area contributed by atoms with Crippen molar-refractivity contribution in [3.8, 4) is 0 Å². The zero-order chi connectivity index (χ0) is 18.7. The second-order valence-corrected chi connectivity index (χ2v) is 5.19. The first-order valence-electron chi connectivity index (χ1n) is 7.98. The van der Waals surface area contributed by atoms with Crippen LogP contribution in [0.25, 0.3) is 6.08 Å². The number of carbonyl (C=O) groups is 3. The van der Waals surface area contributed by atoms with Crippen molar-refractivity contribution in [3.63, 3.8) is 0 Å². The van der Waals surface area contributed by atoms with Gasteiger partial charge in [0.1, 0.15) is 6.29 Å². The summed E-state index contributed by atoms with van der Waals surface area (Å²) in [7, 11) is 1.50. The Hall–Kier alpha value is -3.02. The van der Waals surface area contributed by atoms with Crippen LogP contribution in [0.4, 0.5) is 5.69 Å². The minimum absolute atomic E-state index is 0.0498. The Kier molecular flexibility index (Phi) is 8.57. The number of rotatable bonds is 9. The predicted molar refractivity (Wildman–Crippen MR) is 99.2 cm³/mol. The van der Waals surface area contributed by atoms with Crippen molar-refractivity contribution in [2.45, 2.75) is 20.3 Å². The number of nitrogens with zero attached hydrogens (tertiary/aromatic N) is 2. The Balaban J connectivity index is 3.21.